The molecule has 0 bridgehead atoms. The van der Waals surface area contributed by atoms with Gasteiger partial charge in [-0.1, -0.05) is 23.7 Å². The second kappa shape index (κ2) is 8.86. The number of aryl methyl sites for hydroxylation is 2. The van der Waals surface area contributed by atoms with Crippen LogP contribution in [0.1, 0.15) is 34.2 Å². The van der Waals surface area contributed by atoms with Crippen molar-refractivity contribution in [2.45, 2.75) is 26.7 Å². The highest BCUT2D eigenvalue weighted by molar-refractivity contribution is 5.94. The van der Waals surface area contributed by atoms with Crippen LogP contribution in [0, 0.1) is 6.92 Å². The Kier molecular flexibility index (Phi) is 5.99. The molecule has 0 fully saturated rings. The van der Waals surface area contributed by atoms with E-state index in [4.69, 9.17) is 4.52 Å². The third-order valence-electron chi connectivity index (χ3n) is 5.75. The maximum Gasteiger partial charge on any atom is 0.274 e. The lowest BCUT2D eigenvalue weighted by Crippen LogP contribution is -2.29. The van der Waals surface area contributed by atoms with Crippen LogP contribution in [-0.4, -0.2) is 53.6 Å². The fourth-order valence-electron chi connectivity index (χ4n) is 3.86. The van der Waals surface area contributed by atoms with Crippen LogP contribution in [0.15, 0.2) is 47.0 Å². The zero-order valence-corrected chi connectivity index (χ0v) is 19.3. The lowest BCUT2D eigenvalue weighted by molar-refractivity contribution is 0.0796. The van der Waals surface area contributed by atoms with Crippen LogP contribution in [0.2, 0.25) is 0 Å². The van der Waals surface area contributed by atoms with Gasteiger partial charge in [0.1, 0.15) is 5.69 Å². The van der Waals surface area contributed by atoms with Crippen LogP contribution >= 0.6 is 0 Å². The van der Waals surface area contributed by atoms with Gasteiger partial charge in [0.25, 0.3) is 11.8 Å². The predicted octanol–water partition coefficient (Wildman–Crippen LogP) is 4.47. The number of nitrogens with one attached hydrogen (secondary N) is 1. The molecule has 7 heteroatoms. The quantitative estimate of drug-likeness (QED) is 0.467. The zero-order chi connectivity index (χ0) is 22.8. The molecule has 0 saturated carbocycles. The lowest BCUT2D eigenvalue weighted by Gasteiger charge is -2.17. The van der Waals surface area contributed by atoms with Gasteiger partial charge >= 0.3 is 0 Å². The molecule has 2 heterocycles. The Hall–Kier alpha value is -3.61. The van der Waals surface area contributed by atoms with E-state index < -0.39 is 0 Å². The molecule has 1 amide bonds. The summed E-state index contributed by atoms with van der Waals surface area (Å²) in [5, 5.41) is 5.33. The molecule has 2 aromatic heterocycles. The summed E-state index contributed by atoms with van der Waals surface area (Å²) in [6, 6.07) is 13.9. The number of anilines is 1. The largest absolute Gasteiger partial charge is 0.378 e. The first-order valence-corrected chi connectivity index (χ1v) is 10.8. The molecule has 0 aliphatic carbocycles. The van der Waals surface area contributed by atoms with E-state index >= 15 is 0 Å². The van der Waals surface area contributed by atoms with Crippen LogP contribution in [0.4, 0.5) is 5.69 Å². The van der Waals surface area contributed by atoms with Gasteiger partial charge in [0.05, 0.1) is 0 Å². The van der Waals surface area contributed by atoms with Crippen LogP contribution in [0.3, 0.4) is 0 Å². The van der Waals surface area contributed by atoms with Crippen molar-refractivity contribution in [3.63, 3.8) is 0 Å². The molecule has 32 heavy (non-hydrogen) atoms. The van der Waals surface area contributed by atoms with Crippen molar-refractivity contribution in [1.82, 2.24) is 20.0 Å². The first kappa shape index (κ1) is 21.6. The van der Waals surface area contributed by atoms with Crippen LogP contribution in [0.5, 0.6) is 0 Å². The smallest absolute Gasteiger partial charge is 0.274 e. The minimum Gasteiger partial charge on any atom is -0.378 e. The van der Waals surface area contributed by atoms with Crippen LogP contribution in [0.25, 0.3) is 22.5 Å². The van der Waals surface area contributed by atoms with Crippen molar-refractivity contribution in [2.24, 2.45) is 0 Å². The summed E-state index contributed by atoms with van der Waals surface area (Å²) in [5.41, 5.74) is 6.04. The molecule has 0 saturated heterocycles. The van der Waals surface area contributed by atoms with Crippen LogP contribution < -0.4 is 4.90 Å². The number of hydrogen-bond acceptors (Lipinski definition) is 5. The minimum absolute atomic E-state index is 0.0294. The molecule has 0 unspecified atom stereocenters. The molecular weight excluding hydrogens is 402 g/mol. The van der Waals surface area contributed by atoms with E-state index in [0.29, 0.717) is 30.2 Å². The maximum absolute atomic E-state index is 12.7. The number of benzene rings is 2. The first-order valence-electron chi connectivity index (χ1n) is 10.8. The van der Waals surface area contributed by atoms with Gasteiger partial charge in [-0.3, -0.25) is 4.79 Å². The maximum atomic E-state index is 12.7. The van der Waals surface area contributed by atoms with E-state index in [1.54, 1.807) is 11.9 Å². The Bertz CT molecular complexity index is 1240. The Morgan fingerprint density at radius 1 is 1.09 bits per heavy atom. The fourth-order valence-corrected chi connectivity index (χ4v) is 3.86. The number of aromatic amines is 1. The Morgan fingerprint density at radius 2 is 1.84 bits per heavy atom. The van der Waals surface area contributed by atoms with Gasteiger partial charge in [0.15, 0.2) is 5.82 Å². The third-order valence-corrected chi connectivity index (χ3v) is 5.75. The molecule has 166 valence electrons. The SMILES string of the molecule is CCc1c(-c2nc(CCN(C)C(=O)c3ccc(N(C)C)cc3)no2)[nH]c2ccc(C)cc12. The molecule has 2 aromatic carbocycles. The number of hydrogen-bond donors (Lipinski definition) is 1. The third kappa shape index (κ3) is 4.23. The van der Waals surface area contributed by atoms with E-state index in [-0.39, 0.29) is 5.91 Å². The highest BCUT2D eigenvalue weighted by atomic mass is 16.5. The number of aromatic nitrogens is 3. The van der Waals surface area contributed by atoms with Crippen molar-refractivity contribution in [3.8, 4) is 11.6 Å². The second-order valence-corrected chi connectivity index (χ2v) is 8.31. The van der Waals surface area contributed by atoms with Gasteiger partial charge in [0, 0.05) is 56.3 Å². The number of rotatable bonds is 7. The topological polar surface area (TPSA) is 78.3 Å². The molecule has 4 aromatic rings. The number of H-pyrrole nitrogens is 1. The number of likely N-dealkylation sites (N-methyl/N-ethyl adjacent to an activating group) is 1. The van der Waals surface area contributed by atoms with Gasteiger partial charge in [-0.05, 0) is 55.3 Å². The summed E-state index contributed by atoms with van der Waals surface area (Å²) >= 11 is 0. The molecule has 1 N–H and O–H groups in total. The summed E-state index contributed by atoms with van der Waals surface area (Å²) < 4.78 is 5.57. The van der Waals surface area contributed by atoms with Gasteiger partial charge in [0.2, 0.25) is 0 Å². The zero-order valence-electron chi connectivity index (χ0n) is 19.3. The molecule has 7 nitrogen and oxygen atoms in total. The van der Waals surface area contributed by atoms with Gasteiger partial charge in [-0.2, -0.15) is 4.98 Å². The molecule has 0 aliphatic rings. The standard InChI is InChI=1S/C25H29N5O2/c1-6-19-20-15-16(2)7-12-21(20)26-23(19)24-27-22(28-32-24)13-14-30(5)25(31)17-8-10-18(11-9-17)29(3)4/h7-12,15,26H,6,13-14H2,1-5H3. The average molecular weight is 432 g/mol. The summed E-state index contributed by atoms with van der Waals surface area (Å²) in [5.74, 6) is 1.04. The molecule has 0 atom stereocenters. The van der Waals surface area contributed by atoms with Gasteiger partial charge in [-0.15, -0.1) is 0 Å². The molecule has 4 rings (SSSR count). The lowest BCUT2D eigenvalue weighted by atomic mass is 10.1. The van der Waals surface area contributed by atoms with Crippen molar-refractivity contribution in [2.75, 3.05) is 32.6 Å². The number of amides is 1. The fraction of sp³-hybridized carbons (Fsp3) is 0.320. The summed E-state index contributed by atoms with van der Waals surface area (Å²) in [6.07, 6.45) is 1.38. The molecule has 0 aliphatic heterocycles. The molecule has 0 radical (unpaired) electrons. The molecule has 0 spiro atoms. The van der Waals surface area contributed by atoms with E-state index in [9.17, 15) is 4.79 Å². The summed E-state index contributed by atoms with van der Waals surface area (Å²) in [7, 11) is 5.74. The highest BCUT2D eigenvalue weighted by Gasteiger charge is 2.19. The van der Waals surface area contributed by atoms with Crippen molar-refractivity contribution < 1.29 is 9.32 Å². The summed E-state index contributed by atoms with van der Waals surface area (Å²) in [4.78, 5) is 24.4. The molecular formula is C25H29N5O2. The number of carbonyl (C=O) groups is 1. The average Bonchev–Trinajstić information content (AvgIpc) is 3.40. The van der Waals surface area contributed by atoms with Crippen molar-refractivity contribution >= 4 is 22.5 Å². The Labute approximate surface area is 188 Å². The van der Waals surface area contributed by atoms with E-state index in [1.165, 1.54) is 16.5 Å². The predicted molar refractivity (Wildman–Crippen MR) is 127 cm³/mol. The monoisotopic (exact) mass is 431 g/mol. The normalized spacial score (nSPS) is 11.2. The Morgan fingerprint density at radius 3 is 2.53 bits per heavy atom. The van der Waals surface area contributed by atoms with E-state index in [0.717, 1.165) is 23.3 Å². The first-order chi connectivity index (χ1) is 15.4. The van der Waals surface area contributed by atoms with Crippen LogP contribution in [-0.2, 0) is 12.8 Å². The summed E-state index contributed by atoms with van der Waals surface area (Å²) in [6.45, 7) is 4.71. The van der Waals surface area contributed by atoms with Gasteiger partial charge < -0.3 is 19.3 Å². The van der Waals surface area contributed by atoms with Crippen molar-refractivity contribution in [3.05, 3.63) is 65.0 Å². The highest BCUT2D eigenvalue weighted by Crippen LogP contribution is 2.30. The van der Waals surface area contributed by atoms with E-state index in [2.05, 4.69) is 47.2 Å². The minimum atomic E-state index is -0.0294. The number of nitrogens with zero attached hydrogens (tertiary/aromatic N) is 4. The number of carbonyl (C=O) groups excluding carboxylic acids is 1. The van der Waals surface area contributed by atoms with E-state index in [1.807, 2.05) is 43.3 Å². The Balaban J connectivity index is 1.45. The number of fused-ring (bicyclic) bond motifs is 1. The van der Waals surface area contributed by atoms with Gasteiger partial charge in [-0.25, -0.2) is 0 Å². The van der Waals surface area contributed by atoms with Crippen molar-refractivity contribution in [1.29, 1.82) is 0 Å². The second-order valence-electron chi connectivity index (χ2n) is 8.31.